The highest BCUT2D eigenvalue weighted by atomic mass is 32.2. The Kier molecular flexibility index (Phi) is 5.61. The van der Waals surface area contributed by atoms with Crippen LogP contribution < -0.4 is 4.90 Å². The van der Waals surface area contributed by atoms with Crippen molar-refractivity contribution in [1.82, 2.24) is 14.9 Å². The molecule has 24 heavy (non-hydrogen) atoms. The molecular weight excluding hydrogens is 324 g/mol. The molecule has 2 fully saturated rings. The predicted molar refractivity (Wildman–Crippen MR) is 96.5 cm³/mol. The van der Waals surface area contributed by atoms with Crippen LogP contribution in [0.1, 0.15) is 25.7 Å². The summed E-state index contributed by atoms with van der Waals surface area (Å²) in [5.41, 5.74) is -0.699. The number of nitrogens with zero attached hydrogens (tertiary/aromatic N) is 4. The molecule has 3 heterocycles. The number of carboxylic acid groups (broad SMARTS) is 1. The van der Waals surface area contributed by atoms with E-state index in [1.807, 2.05) is 11.8 Å². The number of likely N-dealkylation sites (tertiary alicyclic amines) is 1. The summed E-state index contributed by atoms with van der Waals surface area (Å²) in [7, 11) is 0. The lowest BCUT2D eigenvalue weighted by molar-refractivity contribution is -0.158. The summed E-state index contributed by atoms with van der Waals surface area (Å²) in [5, 5.41) is 10.1. The molecule has 1 N–H and O–H groups in total. The summed E-state index contributed by atoms with van der Waals surface area (Å²) in [6.45, 7) is 3.36. The van der Waals surface area contributed by atoms with Crippen LogP contribution in [0.2, 0.25) is 0 Å². The molecule has 0 saturated carbocycles. The standard InChI is InChI=1S/C17H26N4O2S/c1-24-12-4-10-20-9-2-6-17(15(22)23)13-21(11-5-14(17)20)16-18-7-3-8-19-16/h3,7-8,14H,2,4-6,9-13H2,1H3,(H,22,23)/t14-,17+/m1/s1. The van der Waals surface area contributed by atoms with E-state index in [2.05, 4.69) is 26.0 Å². The summed E-state index contributed by atoms with van der Waals surface area (Å²) in [5.74, 6) is 1.12. The lowest BCUT2D eigenvalue weighted by Gasteiger charge is -2.53. The van der Waals surface area contributed by atoms with Gasteiger partial charge in [0.25, 0.3) is 0 Å². The van der Waals surface area contributed by atoms with Crippen LogP contribution in [0.15, 0.2) is 18.5 Å². The third-order valence-corrected chi connectivity index (χ3v) is 6.04. The van der Waals surface area contributed by atoms with E-state index in [0.29, 0.717) is 12.5 Å². The van der Waals surface area contributed by atoms with Gasteiger partial charge in [0.05, 0.1) is 0 Å². The van der Waals surface area contributed by atoms with E-state index in [1.165, 1.54) is 0 Å². The molecule has 3 rings (SSSR count). The van der Waals surface area contributed by atoms with Gasteiger partial charge in [0.1, 0.15) is 5.41 Å². The lowest BCUT2D eigenvalue weighted by Crippen LogP contribution is -2.64. The van der Waals surface area contributed by atoms with Gasteiger partial charge in [-0.2, -0.15) is 11.8 Å². The SMILES string of the molecule is CSCCCN1CCC[C@]2(C(=O)O)CN(c3ncccn3)CC[C@@H]12. The first-order chi connectivity index (χ1) is 11.7. The van der Waals surface area contributed by atoms with Crippen molar-refractivity contribution < 1.29 is 9.90 Å². The topological polar surface area (TPSA) is 69.6 Å². The summed E-state index contributed by atoms with van der Waals surface area (Å²) in [4.78, 5) is 25.4. The zero-order valence-electron chi connectivity index (χ0n) is 14.2. The van der Waals surface area contributed by atoms with Crippen LogP contribution in [0.3, 0.4) is 0 Å². The van der Waals surface area contributed by atoms with Crippen molar-refractivity contribution in [2.75, 3.05) is 43.1 Å². The summed E-state index contributed by atoms with van der Waals surface area (Å²) < 4.78 is 0. The number of carbonyl (C=O) groups is 1. The molecule has 7 heteroatoms. The number of anilines is 1. The molecule has 2 atom stereocenters. The first-order valence-electron chi connectivity index (χ1n) is 8.66. The van der Waals surface area contributed by atoms with Gasteiger partial charge in [-0.3, -0.25) is 9.69 Å². The zero-order chi connectivity index (χ0) is 17.0. The highest BCUT2D eigenvalue weighted by Gasteiger charge is 2.53. The van der Waals surface area contributed by atoms with Crippen LogP contribution in [0.5, 0.6) is 0 Å². The quantitative estimate of drug-likeness (QED) is 0.787. The van der Waals surface area contributed by atoms with Crippen LogP contribution in [-0.2, 0) is 4.79 Å². The average molecular weight is 350 g/mol. The smallest absolute Gasteiger partial charge is 0.313 e. The molecule has 2 saturated heterocycles. The van der Waals surface area contributed by atoms with E-state index in [9.17, 15) is 9.90 Å². The number of rotatable bonds is 6. The molecule has 0 aromatic carbocycles. The Morgan fingerprint density at radius 3 is 2.92 bits per heavy atom. The Balaban J connectivity index is 1.79. The van der Waals surface area contributed by atoms with Crippen molar-refractivity contribution in [3.8, 4) is 0 Å². The molecule has 0 spiro atoms. The van der Waals surface area contributed by atoms with Crippen LogP contribution in [0.4, 0.5) is 5.95 Å². The fraction of sp³-hybridized carbons (Fsp3) is 0.706. The van der Waals surface area contributed by atoms with Gasteiger partial charge in [-0.15, -0.1) is 0 Å². The van der Waals surface area contributed by atoms with Crippen molar-refractivity contribution in [3.05, 3.63) is 18.5 Å². The minimum Gasteiger partial charge on any atom is -0.481 e. The highest BCUT2D eigenvalue weighted by molar-refractivity contribution is 7.98. The van der Waals surface area contributed by atoms with Crippen molar-refractivity contribution in [2.45, 2.75) is 31.7 Å². The maximum atomic E-state index is 12.3. The average Bonchev–Trinajstić information content (AvgIpc) is 2.62. The summed E-state index contributed by atoms with van der Waals surface area (Å²) >= 11 is 1.85. The van der Waals surface area contributed by atoms with Crippen molar-refractivity contribution >= 4 is 23.7 Å². The number of fused-ring (bicyclic) bond motifs is 1. The predicted octanol–water partition coefficient (Wildman–Crippen LogP) is 1.98. The van der Waals surface area contributed by atoms with Gasteiger partial charge >= 0.3 is 5.97 Å². The molecule has 2 aliphatic rings. The second-order valence-electron chi connectivity index (χ2n) is 6.72. The molecule has 0 radical (unpaired) electrons. The third-order valence-electron chi connectivity index (χ3n) is 5.35. The molecule has 0 bridgehead atoms. The Morgan fingerprint density at radius 2 is 2.21 bits per heavy atom. The van der Waals surface area contributed by atoms with Gasteiger partial charge in [-0.25, -0.2) is 9.97 Å². The highest BCUT2D eigenvalue weighted by Crippen LogP contribution is 2.42. The van der Waals surface area contributed by atoms with Crippen LogP contribution in [0, 0.1) is 5.41 Å². The van der Waals surface area contributed by atoms with E-state index in [-0.39, 0.29) is 6.04 Å². The normalized spacial score (nSPS) is 27.7. The van der Waals surface area contributed by atoms with Crippen LogP contribution in [0.25, 0.3) is 0 Å². The van der Waals surface area contributed by atoms with Crippen molar-refractivity contribution in [2.24, 2.45) is 5.41 Å². The lowest BCUT2D eigenvalue weighted by atomic mass is 9.69. The Bertz CT molecular complexity index is 559. The van der Waals surface area contributed by atoms with E-state index >= 15 is 0 Å². The Labute approximate surface area is 147 Å². The fourth-order valence-corrected chi connectivity index (χ4v) is 4.65. The maximum absolute atomic E-state index is 12.3. The monoisotopic (exact) mass is 350 g/mol. The number of piperidine rings is 2. The number of hydrogen-bond donors (Lipinski definition) is 1. The van der Waals surface area contributed by atoms with E-state index in [4.69, 9.17) is 0 Å². The summed E-state index contributed by atoms with van der Waals surface area (Å²) in [6, 6.07) is 1.92. The second-order valence-corrected chi connectivity index (χ2v) is 7.71. The molecule has 0 amide bonds. The molecule has 1 aromatic rings. The number of aliphatic carboxylic acids is 1. The molecule has 6 nitrogen and oxygen atoms in total. The largest absolute Gasteiger partial charge is 0.481 e. The minimum absolute atomic E-state index is 0.130. The van der Waals surface area contributed by atoms with Gasteiger partial charge in [-0.1, -0.05) is 0 Å². The minimum atomic E-state index is -0.699. The van der Waals surface area contributed by atoms with E-state index < -0.39 is 11.4 Å². The number of aromatic nitrogens is 2. The molecule has 0 aliphatic carbocycles. The zero-order valence-corrected chi connectivity index (χ0v) is 15.0. The van der Waals surface area contributed by atoms with Crippen molar-refractivity contribution in [1.29, 1.82) is 0 Å². The van der Waals surface area contributed by atoms with Gasteiger partial charge in [0, 0.05) is 31.5 Å². The van der Waals surface area contributed by atoms with Gasteiger partial charge < -0.3 is 10.0 Å². The Hall–Kier alpha value is -1.34. The molecule has 132 valence electrons. The molecule has 1 aromatic heterocycles. The first kappa shape index (κ1) is 17.5. The van der Waals surface area contributed by atoms with Gasteiger partial charge in [-0.05, 0) is 56.8 Å². The fourth-order valence-electron chi connectivity index (χ4n) is 4.23. The van der Waals surface area contributed by atoms with E-state index in [0.717, 1.165) is 51.1 Å². The molecule has 2 aliphatic heterocycles. The van der Waals surface area contributed by atoms with Gasteiger partial charge in [0.2, 0.25) is 5.95 Å². The number of carboxylic acids is 1. The van der Waals surface area contributed by atoms with Crippen molar-refractivity contribution in [3.63, 3.8) is 0 Å². The van der Waals surface area contributed by atoms with E-state index in [1.54, 1.807) is 18.5 Å². The Morgan fingerprint density at radius 1 is 1.42 bits per heavy atom. The third kappa shape index (κ3) is 3.37. The van der Waals surface area contributed by atoms with Crippen LogP contribution >= 0.6 is 11.8 Å². The van der Waals surface area contributed by atoms with Gasteiger partial charge in [0.15, 0.2) is 0 Å². The van der Waals surface area contributed by atoms with Crippen LogP contribution in [-0.4, -0.2) is 70.2 Å². The number of thioether (sulfide) groups is 1. The maximum Gasteiger partial charge on any atom is 0.313 e. The first-order valence-corrected chi connectivity index (χ1v) is 10.0. The number of hydrogen-bond acceptors (Lipinski definition) is 6. The molecule has 0 unspecified atom stereocenters. The second kappa shape index (κ2) is 7.70. The molecular formula is C17H26N4O2S. The summed E-state index contributed by atoms with van der Waals surface area (Å²) in [6.07, 6.45) is 9.24.